The second-order valence-corrected chi connectivity index (χ2v) is 4.78. The monoisotopic (exact) mass is 254 g/mol. The highest BCUT2D eigenvalue weighted by atomic mass is 16.5. The Labute approximate surface area is 105 Å². The average Bonchev–Trinajstić information content (AvgIpc) is 2.88. The van der Waals surface area contributed by atoms with E-state index in [1.165, 1.54) is 10.9 Å². The lowest BCUT2D eigenvalue weighted by Crippen LogP contribution is -2.48. The predicted octanol–water partition coefficient (Wildman–Crippen LogP) is 0.133. The van der Waals surface area contributed by atoms with Crippen LogP contribution in [0.1, 0.15) is 30.8 Å². The van der Waals surface area contributed by atoms with E-state index in [-0.39, 0.29) is 17.3 Å². The number of aromatic carboxylic acids is 1. The SMILES string of the molecule is CC1OCCC1(C)NCCn1cc(C(=O)O)nn1. The summed E-state index contributed by atoms with van der Waals surface area (Å²) in [5, 5.41) is 19.5. The number of hydrogen-bond acceptors (Lipinski definition) is 5. The molecular formula is C11H18N4O3. The first kappa shape index (κ1) is 13.0. The second-order valence-electron chi connectivity index (χ2n) is 4.78. The van der Waals surface area contributed by atoms with E-state index in [1.807, 2.05) is 0 Å². The highest BCUT2D eigenvalue weighted by Crippen LogP contribution is 2.24. The highest BCUT2D eigenvalue weighted by Gasteiger charge is 2.36. The van der Waals surface area contributed by atoms with E-state index in [9.17, 15) is 4.79 Å². The maximum Gasteiger partial charge on any atom is 0.358 e. The number of carbonyl (C=O) groups is 1. The number of nitrogens with one attached hydrogen (secondary N) is 1. The average molecular weight is 254 g/mol. The summed E-state index contributed by atoms with van der Waals surface area (Å²) < 4.78 is 7.06. The fourth-order valence-electron chi connectivity index (χ4n) is 2.03. The van der Waals surface area contributed by atoms with Crippen LogP contribution < -0.4 is 5.32 Å². The summed E-state index contributed by atoms with van der Waals surface area (Å²) in [6, 6.07) is 0. The zero-order valence-corrected chi connectivity index (χ0v) is 10.6. The molecule has 1 aliphatic heterocycles. The Balaban J connectivity index is 1.83. The van der Waals surface area contributed by atoms with Gasteiger partial charge in [-0.1, -0.05) is 5.21 Å². The third-order valence-electron chi connectivity index (χ3n) is 3.51. The molecule has 0 aromatic carbocycles. The number of rotatable bonds is 5. The standard InChI is InChI=1S/C11H18N4O3/c1-8-11(2,3-6-18-8)12-4-5-15-7-9(10(16)17)13-14-15/h7-8,12H,3-6H2,1-2H3,(H,16,17). The van der Waals surface area contributed by atoms with E-state index in [1.54, 1.807) is 0 Å². The summed E-state index contributed by atoms with van der Waals surface area (Å²) in [6.45, 7) is 6.25. The molecule has 7 nitrogen and oxygen atoms in total. The molecular weight excluding hydrogens is 236 g/mol. The van der Waals surface area contributed by atoms with E-state index < -0.39 is 5.97 Å². The van der Waals surface area contributed by atoms with Gasteiger partial charge >= 0.3 is 5.97 Å². The number of hydrogen-bond donors (Lipinski definition) is 2. The van der Waals surface area contributed by atoms with Crippen molar-refractivity contribution in [3.8, 4) is 0 Å². The molecule has 2 N–H and O–H groups in total. The Morgan fingerprint density at radius 2 is 2.56 bits per heavy atom. The van der Waals surface area contributed by atoms with Crippen LogP contribution in [0.2, 0.25) is 0 Å². The Morgan fingerprint density at radius 1 is 1.78 bits per heavy atom. The summed E-state index contributed by atoms with van der Waals surface area (Å²) in [7, 11) is 0. The highest BCUT2D eigenvalue weighted by molar-refractivity contribution is 5.84. The zero-order chi connectivity index (χ0) is 13.2. The van der Waals surface area contributed by atoms with Crippen LogP contribution in [0, 0.1) is 0 Å². The molecule has 0 amide bonds. The Bertz CT molecular complexity index is 434. The van der Waals surface area contributed by atoms with Gasteiger partial charge in [0.1, 0.15) is 0 Å². The predicted molar refractivity (Wildman–Crippen MR) is 63.4 cm³/mol. The molecule has 1 saturated heterocycles. The van der Waals surface area contributed by atoms with Crippen molar-refractivity contribution >= 4 is 5.97 Å². The van der Waals surface area contributed by atoms with Gasteiger partial charge in [0.25, 0.3) is 0 Å². The minimum atomic E-state index is -1.06. The molecule has 1 aromatic rings. The third-order valence-corrected chi connectivity index (χ3v) is 3.51. The first-order valence-electron chi connectivity index (χ1n) is 6.01. The van der Waals surface area contributed by atoms with Crippen LogP contribution in [0.4, 0.5) is 0 Å². The van der Waals surface area contributed by atoms with Crippen molar-refractivity contribution in [3.05, 3.63) is 11.9 Å². The molecule has 2 rings (SSSR count). The molecule has 0 aliphatic carbocycles. The molecule has 1 fully saturated rings. The van der Waals surface area contributed by atoms with Gasteiger partial charge < -0.3 is 15.2 Å². The van der Waals surface area contributed by atoms with Gasteiger partial charge in [-0.2, -0.15) is 0 Å². The molecule has 100 valence electrons. The van der Waals surface area contributed by atoms with E-state index in [2.05, 4.69) is 29.5 Å². The van der Waals surface area contributed by atoms with Gasteiger partial charge in [0.2, 0.25) is 0 Å². The van der Waals surface area contributed by atoms with Crippen molar-refractivity contribution in [2.24, 2.45) is 0 Å². The molecule has 1 aromatic heterocycles. The number of ether oxygens (including phenoxy) is 1. The molecule has 18 heavy (non-hydrogen) atoms. The Kier molecular flexibility index (Phi) is 3.63. The van der Waals surface area contributed by atoms with Crippen LogP contribution in [-0.2, 0) is 11.3 Å². The Morgan fingerprint density at radius 3 is 3.11 bits per heavy atom. The van der Waals surface area contributed by atoms with Gasteiger partial charge in [0.05, 0.1) is 18.8 Å². The fourth-order valence-corrected chi connectivity index (χ4v) is 2.03. The summed E-state index contributed by atoms with van der Waals surface area (Å²) in [4.78, 5) is 10.6. The first-order valence-corrected chi connectivity index (χ1v) is 6.01. The van der Waals surface area contributed by atoms with Crippen LogP contribution in [0.25, 0.3) is 0 Å². The number of carboxylic acids is 1. The quantitative estimate of drug-likeness (QED) is 0.776. The topological polar surface area (TPSA) is 89.3 Å². The molecule has 0 spiro atoms. The van der Waals surface area contributed by atoms with E-state index in [0.29, 0.717) is 13.1 Å². The fraction of sp³-hybridized carbons (Fsp3) is 0.727. The number of carboxylic acid groups (broad SMARTS) is 1. The van der Waals surface area contributed by atoms with Crippen LogP contribution in [-0.4, -0.2) is 50.9 Å². The molecule has 0 radical (unpaired) electrons. The van der Waals surface area contributed by atoms with Crippen molar-refractivity contribution in [1.82, 2.24) is 20.3 Å². The van der Waals surface area contributed by atoms with E-state index in [0.717, 1.165) is 13.0 Å². The smallest absolute Gasteiger partial charge is 0.358 e. The van der Waals surface area contributed by atoms with E-state index in [4.69, 9.17) is 9.84 Å². The number of aromatic nitrogens is 3. The maximum absolute atomic E-state index is 10.6. The van der Waals surface area contributed by atoms with Gasteiger partial charge in [0.15, 0.2) is 5.69 Å². The van der Waals surface area contributed by atoms with Crippen LogP contribution in [0.3, 0.4) is 0 Å². The zero-order valence-electron chi connectivity index (χ0n) is 10.6. The third kappa shape index (κ3) is 2.68. The van der Waals surface area contributed by atoms with Crippen molar-refractivity contribution in [3.63, 3.8) is 0 Å². The van der Waals surface area contributed by atoms with Gasteiger partial charge in [-0.3, -0.25) is 4.68 Å². The molecule has 0 bridgehead atoms. The first-order chi connectivity index (χ1) is 8.51. The largest absolute Gasteiger partial charge is 0.476 e. The van der Waals surface area contributed by atoms with Crippen molar-refractivity contribution in [2.75, 3.05) is 13.2 Å². The lowest BCUT2D eigenvalue weighted by Gasteiger charge is -2.28. The molecule has 2 atom stereocenters. The van der Waals surface area contributed by atoms with Crippen LogP contribution >= 0.6 is 0 Å². The number of nitrogens with zero attached hydrogens (tertiary/aromatic N) is 3. The lowest BCUT2D eigenvalue weighted by molar-refractivity contribution is 0.0690. The molecule has 2 heterocycles. The minimum absolute atomic E-state index is 0.0176. The Hall–Kier alpha value is -1.47. The summed E-state index contributed by atoms with van der Waals surface area (Å²) >= 11 is 0. The molecule has 2 unspecified atom stereocenters. The summed E-state index contributed by atoms with van der Waals surface area (Å²) in [5.74, 6) is -1.06. The van der Waals surface area contributed by atoms with Gasteiger partial charge in [-0.25, -0.2) is 4.79 Å². The van der Waals surface area contributed by atoms with Crippen molar-refractivity contribution in [1.29, 1.82) is 0 Å². The molecule has 0 saturated carbocycles. The minimum Gasteiger partial charge on any atom is -0.476 e. The summed E-state index contributed by atoms with van der Waals surface area (Å²) in [6.07, 6.45) is 2.59. The van der Waals surface area contributed by atoms with Crippen LogP contribution in [0.5, 0.6) is 0 Å². The van der Waals surface area contributed by atoms with Gasteiger partial charge in [0, 0.05) is 18.7 Å². The van der Waals surface area contributed by atoms with E-state index >= 15 is 0 Å². The van der Waals surface area contributed by atoms with Crippen molar-refractivity contribution < 1.29 is 14.6 Å². The summed E-state index contributed by atoms with van der Waals surface area (Å²) in [5.41, 5.74) is -0.0466. The molecule has 1 aliphatic rings. The maximum atomic E-state index is 10.6. The normalized spacial score (nSPS) is 27.6. The van der Waals surface area contributed by atoms with Crippen LogP contribution in [0.15, 0.2) is 6.20 Å². The second kappa shape index (κ2) is 5.03. The van der Waals surface area contributed by atoms with Gasteiger partial charge in [-0.05, 0) is 20.3 Å². The lowest BCUT2D eigenvalue weighted by atomic mass is 9.95. The van der Waals surface area contributed by atoms with Gasteiger partial charge in [-0.15, -0.1) is 5.10 Å². The van der Waals surface area contributed by atoms with Crippen molar-refractivity contribution in [2.45, 2.75) is 38.5 Å². The molecule has 7 heteroatoms.